The van der Waals surface area contributed by atoms with Crippen LogP contribution < -0.4 is 4.72 Å². The largest absolute Gasteiger partial charge is 0.342 e. The van der Waals surface area contributed by atoms with Gasteiger partial charge in [0.2, 0.25) is 0 Å². The van der Waals surface area contributed by atoms with Gasteiger partial charge in [0.05, 0.1) is 11.0 Å². The number of benzene rings is 2. The van der Waals surface area contributed by atoms with E-state index in [1.165, 1.54) is 24.8 Å². The second-order valence-corrected chi connectivity index (χ2v) is 7.78. The molecular formula is C21H24N4OS. The predicted molar refractivity (Wildman–Crippen MR) is 110 cm³/mol. The molecule has 1 fully saturated rings. The molecule has 0 saturated heterocycles. The van der Waals surface area contributed by atoms with Crippen molar-refractivity contribution in [2.75, 3.05) is 6.54 Å². The van der Waals surface area contributed by atoms with Gasteiger partial charge in [-0.3, -0.25) is 4.72 Å². The van der Waals surface area contributed by atoms with Crippen molar-refractivity contribution in [2.45, 2.75) is 43.0 Å². The van der Waals surface area contributed by atoms with Gasteiger partial charge in [0.15, 0.2) is 0 Å². The number of nitrogens with zero attached hydrogens (tertiary/aromatic N) is 2. The molecule has 0 radical (unpaired) electrons. The molecule has 0 unspecified atom stereocenters. The molecule has 4 rings (SSSR count). The number of aromatic nitrogens is 2. The Morgan fingerprint density at radius 2 is 1.85 bits per heavy atom. The number of aromatic amines is 1. The summed E-state index contributed by atoms with van der Waals surface area (Å²) in [7, 11) is 0. The molecule has 0 spiro atoms. The Hall–Kier alpha value is -2.47. The smallest absolute Gasteiger partial charge is 0.327 e. The van der Waals surface area contributed by atoms with Crippen LogP contribution in [0.3, 0.4) is 0 Å². The molecule has 1 heterocycles. The first-order chi connectivity index (χ1) is 13.3. The number of imidazole rings is 1. The van der Waals surface area contributed by atoms with Crippen LogP contribution in [0.2, 0.25) is 0 Å². The van der Waals surface area contributed by atoms with E-state index < -0.39 is 0 Å². The van der Waals surface area contributed by atoms with Crippen LogP contribution in [-0.4, -0.2) is 33.5 Å². The summed E-state index contributed by atoms with van der Waals surface area (Å²) in [6.45, 7) is 0.672. The molecule has 1 saturated carbocycles. The monoisotopic (exact) mass is 380 g/mol. The molecule has 2 N–H and O–H groups in total. The van der Waals surface area contributed by atoms with Crippen LogP contribution >= 0.6 is 11.9 Å². The first-order valence-electron chi connectivity index (χ1n) is 9.52. The van der Waals surface area contributed by atoms with Crippen LogP contribution in [0.25, 0.3) is 11.0 Å². The van der Waals surface area contributed by atoms with Gasteiger partial charge >= 0.3 is 6.03 Å². The number of hydrogen-bond donors (Lipinski definition) is 2. The van der Waals surface area contributed by atoms with Crippen molar-refractivity contribution in [3.63, 3.8) is 0 Å². The standard InChI is InChI=1S/C21H24N4OS/c26-21(24-27-17-10-2-1-3-11-17)25(16-8-4-5-9-16)15-14-20-22-18-12-6-7-13-19(18)23-20/h1-3,6-7,10-13,16H,4-5,8-9,14-15H2,(H,22,23)(H,24,26). The van der Waals surface area contributed by atoms with Crippen molar-refractivity contribution in [3.05, 3.63) is 60.4 Å². The quantitative estimate of drug-likeness (QED) is 0.606. The number of nitrogens with one attached hydrogen (secondary N) is 2. The molecule has 1 aromatic heterocycles. The number of hydrogen-bond acceptors (Lipinski definition) is 3. The van der Waals surface area contributed by atoms with Crippen LogP contribution in [0.1, 0.15) is 31.5 Å². The Kier molecular flexibility index (Phi) is 5.63. The van der Waals surface area contributed by atoms with Gasteiger partial charge in [0.1, 0.15) is 5.82 Å². The van der Waals surface area contributed by atoms with Gasteiger partial charge in [-0.05, 0) is 49.1 Å². The van der Waals surface area contributed by atoms with Gasteiger partial charge < -0.3 is 9.88 Å². The molecule has 140 valence electrons. The Bertz CT molecular complexity index is 856. The summed E-state index contributed by atoms with van der Waals surface area (Å²) in [4.78, 5) is 23.9. The highest BCUT2D eigenvalue weighted by Crippen LogP contribution is 2.25. The summed E-state index contributed by atoms with van der Waals surface area (Å²) in [6, 6.07) is 18.3. The second-order valence-electron chi connectivity index (χ2n) is 6.90. The zero-order chi connectivity index (χ0) is 18.5. The lowest BCUT2D eigenvalue weighted by Gasteiger charge is -2.28. The van der Waals surface area contributed by atoms with E-state index in [0.717, 1.165) is 41.0 Å². The number of H-pyrrole nitrogens is 1. The van der Waals surface area contributed by atoms with E-state index in [4.69, 9.17) is 0 Å². The van der Waals surface area contributed by atoms with Crippen LogP contribution in [0.15, 0.2) is 59.5 Å². The van der Waals surface area contributed by atoms with Gasteiger partial charge in [-0.2, -0.15) is 0 Å². The van der Waals surface area contributed by atoms with Crippen LogP contribution in [-0.2, 0) is 6.42 Å². The summed E-state index contributed by atoms with van der Waals surface area (Å²) >= 11 is 1.38. The molecule has 1 aliphatic carbocycles. The lowest BCUT2D eigenvalue weighted by atomic mass is 10.2. The third-order valence-electron chi connectivity index (χ3n) is 5.05. The highest BCUT2D eigenvalue weighted by Gasteiger charge is 2.26. The van der Waals surface area contributed by atoms with Crippen LogP contribution in [0.5, 0.6) is 0 Å². The van der Waals surface area contributed by atoms with Crippen molar-refractivity contribution >= 4 is 29.0 Å². The minimum Gasteiger partial charge on any atom is -0.342 e. The lowest BCUT2D eigenvalue weighted by Crippen LogP contribution is -2.44. The van der Waals surface area contributed by atoms with Crippen molar-refractivity contribution in [2.24, 2.45) is 0 Å². The van der Waals surface area contributed by atoms with E-state index in [1.54, 1.807) is 0 Å². The predicted octanol–water partition coefficient (Wildman–Crippen LogP) is 4.77. The Balaban J connectivity index is 1.41. The van der Waals surface area contributed by atoms with E-state index in [1.807, 2.05) is 59.5 Å². The van der Waals surface area contributed by atoms with Gasteiger partial charge in [0.25, 0.3) is 0 Å². The molecule has 0 aliphatic heterocycles. The molecule has 6 heteroatoms. The topological polar surface area (TPSA) is 61.0 Å². The molecule has 0 atom stereocenters. The van der Waals surface area contributed by atoms with E-state index in [9.17, 15) is 4.79 Å². The van der Waals surface area contributed by atoms with Crippen molar-refractivity contribution in [1.82, 2.24) is 19.6 Å². The molecule has 3 aromatic rings. The maximum Gasteiger partial charge on any atom is 0.327 e. The van der Waals surface area contributed by atoms with E-state index in [2.05, 4.69) is 14.7 Å². The summed E-state index contributed by atoms with van der Waals surface area (Å²) in [6.07, 6.45) is 5.30. The third kappa shape index (κ3) is 4.45. The fourth-order valence-corrected chi connectivity index (χ4v) is 4.28. The normalized spacial score (nSPS) is 14.5. The number of carbonyl (C=O) groups excluding carboxylic acids is 1. The molecular weight excluding hydrogens is 356 g/mol. The highest BCUT2D eigenvalue weighted by molar-refractivity contribution is 7.98. The number of rotatable bonds is 6. The summed E-state index contributed by atoms with van der Waals surface area (Å²) in [5.41, 5.74) is 2.02. The summed E-state index contributed by atoms with van der Waals surface area (Å²) < 4.78 is 3.01. The third-order valence-corrected chi connectivity index (χ3v) is 5.84. The first kappa shape index (κ1) is 17.9. The van der Waals surface area contributed by atoms with Gasteiger partial charge in [0, 0.05) is 23.9 Å². The number of amides is 2. The van der Waals surface area contributed by atoms with E-state index >= 15 is 0 Å². The van der Waals surface area contributed by atoms with Crippen molar-refractivity contribution in [3.8, 4) is 0 Å². The first-order valence-corrected chi connectivity index (χ1v) is 10.3. The van der Waals surface area contributed by atoms with E-state index in [-0.39, 0.29) is 6.03 Å². The Morgan fingerprint density at radius 3 is 2.63 bits per heavy atom. The van der Waals surface area contributed by atoms with Crippen LogP contribution in [0, 0.1) is 0 Å². The highest BCUT2D eigenvalue weighted by atomic mass is 32.2. The maximum atomic E-state index is 12.9. The van der Waals surface area contributed by atoms with Crippen molar-refractivity contribution < 1.29 is 4.79 Å². The molecule has 27 heavy (non-hydrogen) atoms. The fraction of sp³-hybridized carbons (Fsp3) is 0.333. The van der Waals surface area contributed by atoms with Crippen molar-refractivity contribution in [1.29, 1.82) is 0 Å². The minimum absolute atomic E-state index is 0.00753. The van der Waals surface area contributed by atoms with Gasteiger partial charge in [-0.15, -0.1) is 0 Å². The molecule has 2 amide bonds. The Morgan fingerprint density at radius 1 is 1.11 bits per heavy atom. The van der Waals surface area contributed by atoms with Crippen LogP contribution in [0.4, 0.5) is 4.79 Å². The van der Waals surface area contributed by atoms with Gasteiger partial charge in [-0.25, -0.2) is 9.78 Å². The fourth-order valence-electron chi connectivity index (χ4n) is 3.67. The number of para-hydroxylation sites is 2. The molecule has 1 aliphatic rings. The van der Waals surface area contributed by atoms with E-state index in [0.29, 0.717) is 12.6 Å². The zero-order valence-corrected chi connectivity index (χ0v) is 16.0. The number of fused-ring (bicyclic) bond motifs is 1. The number of urea groups is 1. The molecule has 0 bridgehead atoms. The average Bonchev–Trinajstić information content (AvgIpc) is 3.37. The second kappa shape index (κ2) is 8.48. The lowest BCUT2D eigenvalue weighted by molar-refractivity contribution is 0.182. The molecule has 5 nitrogen and oxygen atoms in total. The minimum atomic E-state index is -0.00753. The maximum absolute atomic E-state index is 12.9. The SMILES string of the molecule is O=C(NSc1ccccc1)N(CCc1nc2ccccc2[nH]1)C1CCCC1. The van der Waals surface area contributed by atoms with Gasteiger partial charge in [-0.1, -0.05) is 43.2 Å². The Labute approximate surface area is 163 Å². The summed E-state index contributed by atoms with van der Waals surface area (Å²) in [5, 5.41) is 0. The number of carbonyl (C=O) groups is 1. The average molecular weight is 381 g/mol. The molecule has 2 aromatic carbocycles. The zero-order valence-electron chi connectivity index (χ0n) is 15.2. The summed E-state index contributed by atoms with van der Waals surface area (Å²) in [5.74, 6) is 0.933.